The molecule has 9 unspecified atom stereocenters. The minimum atomic E-state index is -1.46. The highest BCUT2D eigenvalue weighted by Crippen LogP contribution is 2.29. The maximum absolute atomic E-state index is 10.0. The molecule has 2 aliphatic rings. The Bertz CT molecular complexity index is 352. The van der Waals surface area contributed by atoms with Crippen LogP contribution in [-0.2, 0) is 18.9 Å². The monoisotopic (exact) mass is 322 g/mol. The summed E-state index contributed by atoms with van der Waals surface area (Å²) in [6, 6.07) is 0. The van der Waals surface area contributed by atoms with Crippen LogP contribution in [0, 0.1) is 0 Å². The molecule has 8 nitrogen and oxygen atoms in total. The molecule has 0 aliphatic carbocycles. The Labute approximate surface area is 129 Å². The summed E-state index contributed by atoms with van der Waals surface area (Å²) in [4.78, 5) is 0. The number of ether oxygens (including phenoxy) is 4. The van der Waals surface area contributed by atoms with Crippen LogP contribution in [0.5, 0.6) is 0 Å². The molecule has 0 amide bonds. The summed E-state index contributed by atoms with van der Waals surface area (Å²) in [7, 11) is 1.57. The molecular weight excluding hydrogens is 296 g/mol. The van der Waals surface area contributed by atoms with Crippen molar-refractivity contribution in [1.82, 2.24) is 0 Å². The van der Waals surface area contributed by atoms with Crippen LogP contribution in [0.4, 0.5) is 0 Å². The van der Waals surface area contributed by atoms with Crippen molar-refractivity contribution in [2.45, 2.75) is 75.4 Å². The van der Waals surface area contributed by atoms with Crippen LogP contribution in [0.25, 0.3) is 0 Å². The molecule has 0 aromatic rings. The van der Waals surface area contributed by atoms with Crippen LogP contribution in [-0.4, -0.2) is 89.3 Å². The Hall–Kier alpha value is -0.320. The normalized spacial score (nSPS) is 50.0. The first kappa shape index (κ1) is 18.0. The Morgan fingerprint density at radius 1 is 1.05 bits per heavy atom. The lowest BCUT2D eigenvalue weighted by molar-refractivity contribution is -0.332. The van der Waals surface area contributed by atoms with Gasteiger partial charge in [0.1, 0.15) is 30.5 Å². The van der Waals surface area contributed by atoms with Crippen molar-refractivity contribution < 1.29 is 39.4 Å². The van der Waals surface area contributed by atoms with Crippen LogP contribution in [0.15, 0.2) is 0 Å². The maximum atomic E-state index is 10.0. The second kappa shape index (κ2) is 7.50. The quantitative estimate of drug-likeness (QED) is 0.488. The van der Waals surface area contributed by atoms with E-state index in [1.54, 1.807) is 7.11 Å². The average molecular weight is 322 g/mol. The van der Waals surface area contributed by atoms with Gasteiger partial charge >= 0.3 is 0 Å². The number of aliphatic hydroxyl groups is 4. The van der Waals surface area contributed by atoms with Gasteiger partial charge in [0.2, 0.25) is 0 Å². The second-order valence-corrected chi connectivity index (χ2v) is 5.96. The molecule has 0 saturated carbocycles. The Balaban J connectivity index is 2.07. The summed E-state index contributed by atoms with van der Waals surface area (Å²) in [6.45, 7) is 3.27. The Morgan fingerprint density at radius 2 is 1.73 bits per heavy atom. The molecule has 2 rings (SSSR count). The molecule has 22 heavy (non-hydrogen) atoms. The van der Waals surface area contributed by atoms with Crippen molar-refractivity contribution >= 4 is 0 Å². The Morgan fingerprint density at radius 3 is 2.32 bits per heavy atom. The molecule has 4 N–H and O–H groups in total. The molecule has 9 atom stereocenters. The zero-order chi connectivity index (χ0) is 16.4. The molecule has 2 saturated heterocycles. The summed E-state index contributed by atoms with van der Waals surface area (Å²) in [5.41, 5.74) is 0. The molecular formula is C14H26O8. The minimum Gasteiger partial charge on any atom is -0.394 e. The molecule has 0 aromatic carbocycles. The smallest absolute Gasteiger partial charge is 0.187 e. The van der Waals surface area contributed by atoms with E-state index in [0.717, 1.165) is 0 Å². The van der Waals surface area contributed by atoms with Crippen LogP contribution < -0.4 is 0 Å². The average Bonchev–Trinajstić information content (AvgIpc) is 2.49. The van der Waals surface area contributed by atoms with Crippen molar-refractivity contribution in [3.8, 4) is 0 Å². The van der Waals surface area contributed by atoms with Crippen LogP contribution in [0.1, 0.15) is 20.3 Å². The number of hydrogen-bond donors (Lipinski definition) is 4. The van der Waals surface area contributed by atoms with Crippen LogP contribution in [0.2, 0.25) is 0 Å². The van der Waals surface area contributed by atoms with E-state index in [9.17, 15) is 20.4 Å². The summed E-state index contributed by atoms with van der Waals surface area (Å²) in [6.07, 6.45) is -6.86. The van der Waals surface area contributed by atoms with E-state index in [4.69, 9.17) is 18.9 Å². The van der Waals surface area contributed by atoms with Crippen molar-refractivity contribution in [2.24, 2.45) is 0 Å². The lowest BCUT2D eigenvalue weighted by Crippen LogP contribution is -2.61. The number of hydrogen-bond acceptors (Lipinski definition) is 8. The molecule has 2 aliphatic heterocycles. The fourth-order valence-corrected chi connectivity index (χ4v) is 3.03. The molecule has 2 fully saturated rings. The molecule has 0 radical (unpaired) electrons. The molecule has 0 aromatic heterocycles. The van der Waals surface area contributed by atoms with Gasteiger partial charge in [0.15, 0.2) is 6.29 Å². The second-order valence-electron chi connectivity index (χ2n) is 5.96. The van der Waals surface area contributed by atoms with Gasteiger partial charge in [-0.25, -0.2) is 0 Å². The molecule has 0 spiro atoms. The third kappa shape index (κ3) is 3.60. The highest BCUT2D eigenvalue weighted by atomic mass is 16.7. The van der Waals surface area contributed by atoms with Crippen LogP contribution >= 0.6 is 0 Å². The zero-order valence-corrected chi connectivity index (χ0v) is 13.0. The lowest BCUT2D eigenvalue weighted by atomic mass is 9.97. The molecule has 0 bridgehead atoms. The van der Waals surface area contributed by atoms with Crippen LogP contribution in [0.3, 0.4) is 0 Å². The number of rotatable bonds is 4. The van der Waals surface area contributed by atoms with Gasteiger partial charge in [-0.3, -0.25) is 0 Å². The SMILES string of the molecule is COC1CC(C)OC(C)C1OC1OC(CO)C(O)C(O)C1O. The molecule has 8 heteroatoms. The largest absolute Gasteiger partial charge is 0.394 e. The van der Waals surface area contributed by atoms with Gasteiger partial charge in [-0.15, -0.1) is 0 Å². The predicted octanol–water partition coefficient (Wildman–Crippen LogP) is -1.62. The lowest BCUT2D eigenvalue weighted by Gasteiger charge is -2.44. The number of methoxy groups -OCH3 is 1. The molecule has 2 heterocycles. The van der Waals surface area contributed by atoms with Crippen molar-refractivity contribution in [2.75, 3.05) is 13.7 Å². The fraction of sp³-hybridized carbons (Fsp3) is 1.00. The fourth-order valence-electron chi connectivity index (χ4n) is 3.03. The maximum Gasteiger partial charge on any atom is 0.187 e. The van der Waals surface area contributed by atoms with Gasteiger partial charge in [-0.1, -0.05) is 0 Å². The zero-order valence-electron chi connectivity index (χ0n) is 13.0. The summed E-state index contributed by atoms with van der Waals surface area (Å²) < 4.78 is 22.2. The highest BCUT2D eigenvalue weighted by molar-refractivity contribution is 4.91. The highest BCUT2D eigenvalue weighted by Gasteiger charge is 2.47. The van der Waals surface area contributed by atoms with E-state index in [1.165, 1.54) is 0 Å². The summed E-state index contributed by atoms with van der Waals surface area (Å²) in [5, 5.41) is 38.8. The Kier molecular flexibility index (Phi) is 6.14. The predicted molar refractivity (Wildman–Crippen MR) is 74.1 cm³/mol. The van der Waals surface area contributed by atoms with Crippen molar-refractivity contribution in [3.05, 3.63) is 0 Å². The third-order valence-corrected chi connectivity index (χ3v) is 4.28. The first-order valence-electron chi connectivity index (χ1n) is 7.53. The van der Waals surface area contributed by atoms with Gasteiger partial charge < -0.3 is 39.4 Å². The van der Waals surface area contributed by atoms with E-state index in [2.05, 4.69) is 0 Å². The van der Waals surface area contributed by atoms with Gasteiger partial charge in [0, 0.05) is 13.5 Å². The summed E-state index contributed by atoms with van der Waals surface area (Å²) >= 11 is 0. The molecule has 130 valence electrons. The number of aliphatic hydroxyl groups excluding tert-OH is 4. The van der Waals surface area contributed by atoms with Crippen molar-refractivity contribution in [1.29, 1.82) is 0 Å². The van der Waals surface area contributed by atoms with Gasteiger partial charge in [-0.05, 0) is 13.8 Å². The first-order chi connectivity index (χ1) is 10.4. The van der Waals surface area contributed by atoms with E-state index in [0.29, 0.717) is 6.42 Å². The van der Waals surface area contributed by atoms with Crippen molar-refractivity contribution in [3.63, 3.8) is 0 Å². The standard InChI is InChI=1S/C14H26O8/c1-6-4-8(19-3)13(7(2)20-6)22-14-12(18)11(17)10(16)9(5-15)21-14/h6-18H,4-5H2,1-3H3. The third-order valence-electron chi connectivity index (χ3n) is 4.28. The van der Waals surface area contributed by atoms with Gasteiger partial charge in [-0.2, -0.15) is 0 Å². The van der Waals surface area contributed by atoms with E-state index < -0.39 is 43.4 Å². The van der Waals surface area contributed by atoms with Gasteiger partial charge in [0.05, 0.1) is 24.9 Å². The van der Waals surface area contributed by atoms with E-state index in [1.807, 2.05) is 13.8 Å². The summed E-state index contributed by atoms with van der Waals surface area (Å²) in [5.74, 6) is 0. The van der Waals surface area contributed by atoms with E-state index >= 15 is 0 Å². The minimum absolute atomic E-state index is 0.0228. The first-order valence-corrected chi connectivity index (χ1v) is 7.53. The van der Waals surface area contributed by atoms with E-state index in [-0.39, 0.29) is 18.3 Å². The van der Waals surface area contributed by atoms with Gasteiger partial charge in [0.25, 0.3) is 0 Å². The topological polar surface area (TPSA) is 118 Å².